The largest absolute Gasteiger partial charge is 0.460 e. The molecular formula is C20H22N4O3S. The highest BCUT2D eigenvalue weighted by Gasteiger charge is 2.44. The number of nitrogens with zero attached hydrogens (tertiary/aromatic N) is 3. The second-order valence-corrected chi connectivity index (χ2v) is 8.59. The van der Waals surface area contributed by atoms with E-state index in [1.807, 2.05) is 23.1 Å². The van der Waals surface area contributed by atoms with Crippen LogP contribution in [0.1, 0.15) is 21.9 Å². The molecule has 5 rings (SSSR count). The van der Waals surface area contributed by atoms with Gasteiger partial charge >= 0.3 is 0 Å². The number of ether oxygens (including phenoxy) is 1. The summed E-state index contributed by atoms with van der Waals surface area (Å²) in [7, 11) is 0. The Morgan fingerprint density at radius 1 is 1.29 bits per heavy atom. The first kappa shape index (κ1) is 17.7. The second kappa shape index (κ2) is 6.88. The van der Waals surface area contributed by atoms with Crippen molar-refractivity contribution in [3.63, 3.8) is 0 Å². The minimum atomic E-state index is -0.309. The number of thiazole rings is 1. The number of para-hydroxylation sites is 1. The summed E-state index contributed by atoms with van der Waals surface area (Å²) in [4.78, 5) is 21.5. The van der Waals surface area contributed by atoms with E-state index in [2.05, 4.69) is 22.0 Å². The summed E-state index contributed by atoms with van der Waals surface area (Å²) in [6.45, 7) is 4.35. The van der Waals surface area contributed by atoms with Crippen LogP contribution in [-0.4, -0.2) is 59.1 Å². The Labute approximate surface area is 166 Å². The Balaban J connectivity index is 1.27. The summed E-state index contributed by atoms with van der Waals surface area (Å²) in [5.41, 5.74) is 6.28. The van der Waals surface area contributed by atoms with E-state index in [0.717, 1.165) is 42.8 Å². The number of nitrogen functional groups attached to an aromatic ring is 1. The normalized spacial score (nSPS) is 23.1. The van der Waals surface area contributed by atoms with E-state index >= 15 is 0 Å². The van der Waals surface area contributed by atoms with Crippen molar-refractivity contribution in [2.75, 3.05) is 38.5 Å². The summed E-state index contributed by atoms with van der Waals surface area (Å²) in [5, 5.41) is 1.55. The molecule has 1 atom stereocenters. The molecule has 146 valence electrons. The third kappa shape index (κ3) is 3.28. The Kier molecular flexibility index (Phi) is 4.34. The molecule has 0 radical (unpaired) electrons. The molecule has 2 aliphatic rings. The Morgan fingerprint density at radius 2 is 2.18 bits per heavy atom. The van der Waals surface area contributed by atoms with Crippen molar-refractivity contribution in [3.8, 4) is 0 Å². The van der Waals surface area contributed by atoms with Crippen LogP contribution in [0.2, 0.25) is 0 Å². The van der Waals surface area contributed by atoms with E-state index < -0.39 is 0 Å². The summed E-state index contributed by atoms with van der Waals surface area (Å²) in [6, 6.07) is 10.2. The first-order valence-electron chi connectivity index (χ1n) is 9.45. The van der Waals surface area contributed by atoms with Crippen LogP contribution in [-0.2, 0) is 11.3 Å². The standard InChI is InChI=1S/C20H22N4O3S/c21-19-22-10-17(28-19)18(25)24-6-5-20(13-24)12-23(7-8-26-20)11-15-9-14-3-1-2-4-16(14)27-15/h1-4,9-10H,5-8,11-13H2,(H2,21,22). The average molecular weight is 398 g/mol. The number of fused-ring (bicyclic) bond motifs is 1. The van der Waals surface area contributed by atoms with Crippen molar-refractivity contribution in [1.29, 1.82) is 0 Å². The lowest BCUT2D eigenvalue weighted by molar-refractivity contribution is -0.103. The van der Waals surface area contributed by atoms with Gasteiger partial charge in [-0.2, -0.15) is 0 Å². The second-order valence-electron chi connectivity index (χ2n) is 7.53. The Bertz CT molecular complexity index is 983. The molecule has 28 heavy (non-hydrogen) atoms. The maximum Gasteiger partial charge on any atom is 0.265 e. The lowest BCUT2D eigenvalue weighted by Gasteiger charge is -2.40. The predicted molar refractivity (Wildman–Crippen MR) is 107 cm³/mol. The van der Waals surface area contributed by atoms with Gasteiger partial charge < -0.3 is 19.8 Å². The van der Waals surface area contributed by atoms with Gasteiger partial charge in [0.2, 0.25) is 0 Å². The van der Waals surface area contributed by atoms with Crippen molar-refractivity contribution in [3.05, 3.63) is 47.2 Å². The van der Waals surface area contributed by atoms with Gasteiger partial charge in [0.15, 0.2) is 5.13 Å². The van der Waals surface area contributed by atoms with E-state index in [0.29, 0.717) is 29.7 Å². The molecule has 7 nitrogen and oxygen atoms in total. The predicted octanol–water partition coefficient (Wildman–Crippen LogP) is 2.59. The minimum absolute atomic E-state index is 0.0101. The third-order valence-corrected chi connectivity index (χ3v) is 6.34. The van der Waals surface area contributed by atoms with Gasteiger partial charge in [0.05, 0.1) is 25.9 Å². The average Bonchev–Trinajstić information content (AvgIpc) is 3.40. The van der Waals surface area contributed by atoms with Crippen LogP contribution >= 0.6 is 11.3 Å². The molecule has 2 saturated heterocycles. The van der Waals surface area contributed by atoms with Crippen molar-refractivity contribution >= 4 is 33.3 Å². The van der Waals surface area contributed by atoms with E-state index in [4.69, 9.17) is 14.9 Å². The number of hydrogen-bond donors (Lipinski definition) is 1. The zero-order chi connectivity index (χ0) is 19.1. The first-order valence-corrected chi connectivity index (χ1v) is 10.3. The number of nitrogens with two attached hydrogens (primary N) is 1. The molecule has 4 heterocycles. The van der Waals surface area contributed by atoms with Crippen LogP contribution in [0.5, 0.6) is 0 Å². The number of aromatic nitrogens is 1. The molecule has 8 heteroatoms. The molecule has 0 aliphatic carbocycles. The van der Waals surface area contributed by atoms with Crippen LogP contribution in [0, 0.1) is 0 Å². The van der Waals surface area contributed by atoms with Gasteiger partial charge in [0.1, 0.15) is 21.8 Å². The number of morpholine rings is 1. The first-order chi connectivity index (χ1) is 13.6. The van der Waals surface area contributed by atoms with Gasteiger partial charge in [-0.1, -0.05) is 29.5 Å². The summed E-state index contributed by atoms with van der Waals surface area (Å²) >= 11 is 1.23. The summed E-state index contributed by atoms with van der Waals surface area (Å²) in [6.07, 6.45) is 2.40. The van der Waals surface area contributed by atoms with Crippen LogP contribution in [0.4, 0.5) is 5.13 Å². The van der Waals surface area contributed by atoms with Crippen molar-refractivity contribution in [2.24, 2.45) is 0 Å². The topological polar surface area (TPSA) is 84.8 Å². The van der Waals surface area contributed by atoms with Crippen LogP contribution in [0.15, 0.2) is 40.9 Å². The molecule has 2 aliphatic heterocycles. The van der Waals surface area contributed by atoms with Crippen molar-refractivity contribution in [1.82, 2.24) is 14.8 Å². The number of hydrogen-bond acceptors (Lipinski definition) is 7. The number of anilines is 1. The molecule has 1 unspecified atom stereocenters. The van der Waals surface area contributed by atoms with Gasteiger partial charge in [0.25, 0.3) is 5.91 Å². The number of likely N-dealkylation sites (tertiary alicyclic amines) is 1. The number of benzene rings is 1. The highest BCUT2D eigenvalue weighted by molar-refractivity contribution is 7.17. The number of amides is 1. The fraction of sp³-hybridized carbons (Fsp3) is 0.400. The lowest BCUT2D eigenvalue weighted by Crippen LogP contribution is -2.53. The number of rotatable bonds is 3. The van der Waals surface area contributed by atoms with Crippen molar-refractivity contribution in [2.45, 2.75) is 18.6 Å². The fourth-order valence-corrected chi connectivity index (χ4v) is 4.85. The van der Waals surface area contributed by atoms with E-state index in [1.54, 1.807) is 6.20 Å². The van der Waals surface area contributed by atoms with Crippen LogP contribution < -0.4 is 5.73 Å². The molecule has 1 amide bonds. The number of carbonyl (C=O) groups excluding carboxylic acids is 1. The summed E-state index contributed by atoms with van der Waals surface area (Å²) < 4.78 is 12.1. The van der Waals surface area contributed by atoms with Gasteiger partial charge in [0, 0.05) is 25.0 Å². The highest BCUT2D eigenvalue weighted by atomic mass is 32.1. The van der Waals surface area contributed by atoms with Crippen LogP contribution in [0.3, 0.4) is 0 Å². The SMILES string of the molecule is Nc1ncc(C(=O)N2CCC3(CN(Cc4cc5ccccc5o4)CCO3)C2)s1. The molecule has 2 fully saturated rings. The van der Waals surface area contributed by atoms with E-state index in [1.165, 1.54) is 11.3 Å². The Hall–Kier alpha value is -2.42. The maximum absolute atomic E-state index is 12.7. The van der Waals surface area contributed by atoms with E-state index in [-0.39, 0.29) is 11.5 Å². The highest BCUT2D eigenvalue weighted by Crippen LogP contribution is 2.32. The van der Waals surface area contributed by atoms with Gasteiger partial charge in [-0.3, -0.25) is 9.69 Å². The number of furan rings is 1. The zero-order valence-electron chi connectivity index (χ0n) is 15.5. The monoisotopic (exact) mass is 398 g/mol. The molecule has 1 spiro atoms. The molecule has 2 N–H and O–H groups in total. The molecule has 0 bridgehead atoms. The van der Waals surface area contributed by atoms with E-state index in [9.17, 15) is 4.79 Å². The van der Waals surface area contributed by atoms with Crippen molar-refractivity contribution < 1.29 is 13.9 Å². The third-order valence-electron chi connectivity index (χ3n) is 5.52. The molecule has 1 aromatic carbocycles. The lowest BCUT2D eigenvalue weighted by atomic mass is 10.0. The molecule has 2 aromatic heterocycles. The number of carbonyl (C=O) groups is 1. The van der Waals surface area contributed by atoms with Gasteiger partial charge in [-0.15, -0.1) is 0 Å². The quantitative estimate of drug-likeness (QED) is 0.730. The maximum atomic E-state index is 12.7. The fourth-order valence-electron chi connectivity index (χ4n) is 4.20. The smallest absolute Gasteiger partial charge is 0.265 e. The molecular weight excluding hydrogens is 376 g/mol. The molecule has 0 saturated carbocycles. The molecule has 3 aromatic rings. The minimum Gasteiger partial charge on any atom is -0.460 e. The van der Waals surface area contributed by atoms with Gasteiger partial charge in [-0.25, -0.2) is 4.98 Å². The summed E-state index contributed by atoms with van der Waals surface area (Å²) in [5.74, 6) is 0.952. The van der Waals surface area contributed by atoms with Gasteiger partial charge in [-0.05, 0) is 18.6 Å². The Morgan fingerprint density at radius 3 is 3.00 bits per heavy atom. The zero-order valence-corrected chi connectivity index (χ0v) is 16.3. The van der Waals surface area contributed by atoms with Crippen LogP contribution in [0.25, 0.3) is 11.0 Å².